The van der Waals surface area contributed by atoms with Gasteiger partial charge in [-0.25, -0.2) is 0 Å². The summed E-state index contributed by atoms with van der Waals surface area (Å²) < 4.78 is 10.4. The molecule has 0 saturated heterocycles. The van der Waals surface area contributed by atoms with Crippen molar-refractivity contribution in [1.82, 2.24) is 0 Å². The van der Waals surface area contributed by atoms with Crippen molar-refractivity contribution in [2.75, 3.05) is 13.2 Å². The van der Waals surface area contributed by atoms with Crippen LogP contribution in [0.15, 0.2) is 0 Å². The summed E-state index contributed by atoms with van der Waals surface area (Å²) in [5.41, 5.74) is 12.1. The molecular formula is C24H48N2O4. The number of rotatable bonds is 21. The summed E-state index contributed by atoms with van der Waals surface area (Å²) in [5, 5.41) is 0. The second kappa shape index (κ2) is 21.1. The van der Waals surface area contributed by atoms with Crippen molar-refractivity contribution < 1.29 is 19.1 Å². The molecule has 178 valence electrons. The maximum atomic E-state index is 11.7. The first-order valence-corrected chi connectivity index (χ1v) is 12.3. The Hall–Kier alpha value is -1.14. The van der Waals surface area contributed by atoms with E-state index in [9.17, 15) is 9.59 Å². The largest absolute Gasteiger partial charge is 0.466 e. The van der Waals surface area contributed by atoms with Gasteiger partial charge in [0.25, 0.3) is 0 Å². The monoisotopic (exact) mass is 428 g/mol. The van der Waals surface area contributed by atoms with Crippen molar-refractivity contribution >= 4 is 11.9 Å². The molecule has 6 nitrogen and oxygen atoms in total. The Kier molecular flexibility index (Phi) is 20.3. The fourth-order valence-corrected chi connectivity index (χ4v) is 3.37. The van der Waals surface area contributed by atoms with Crippen molar-refractivity contribution in [3.05, 3.63) is 0 Å². The first kappa shape index (κ1) is 28.9. The lowest BCUT2D eigenvalue weighted by atomic mass is 10.0. The van der Waals surface area contributed by atoms with E-state index >= 15 is 0 Å². The van der Waals surface area contributed by atoms with Crippen molar-refractivity contribution in [3.63, 3.8) is 0 Å². The highest BCUT2D eigenvalue weighted by molar-refractivity contribution is 5.77. The fourth-order valence-electron chi connectivity index (χ4n) is 3.37. The highest BCUT2D eigenvalue weighted by atomic mass is 16.5. The highest BCUT2D eigenvalue weighted by Gasteiger charge is 2.10. The molecule has 0 aromatic rings. The number of hydrogen-bond acceptors (Lipinski definition) is 6. The Bertz CT molecular complexity index is 380. The molecule has 4 N–H and O–H groups in total. The molecule has 0 aromatic carbocycles. The van der Waals surface area contributed by atoms with Gasteiger partial charge in [0.1, 0.15) is 0 Å². The maximum Gasteiger partial charge on any atom is 0.306 e. The smallest absolute Gasteiger partial charge is 0.306 e. The SMILES string of the molecule is CCCCCCC(N)CCCOC(=O)CCC(=O)OCCCC(N)CCCCCC. The molecule has 0 amide bonds. The first-order chi connectivity index (χ1) is 14.5. The van der Waals surface area contributed by atoms with Gasteiger partial charge in [-0.3, -0.25) is 9.59 Å². The number of hydrogen-bond donors (Lipinski definition) is 2. The number of carbonyl (C=O) groups excluding carboxylic acids is 2. The first-order valence-electron chi connectivity index (χ1n) is 12.3. The summed E-state index contributed by atoms with van der Waals surface area (Å²) in [6, 6.07) is 0.361. The average Bonchev–Trinajstić information content (AvgIpc) is 2.73. The molecule has 30 heavy (non-hydrogen) atoms. The maximum absolute atomic E-state index is 11.7. The fraction of sp³-hybridized carbons (Fsp3) is 0.917. The molecule has 0 saturated carbocycles. The van der Waals surface area contributed by atoms with Gasteiger partial charge in [-0.15, -0.1) is 0 Å². The zero-order valence-electron chi connectivity index (χ0n) is 19.7. The minimum Gasteiger partial charge on any atom is -0.466 e. The average molecular weight is 429 g/mol. The quantitative estimate of drug-likeness (QED) is 0.197. The Morgan fingerprint density at radius 2 is 0.967 bits per heavy atom. The Morgan fingerprint density at radius 3 is 1.33 bits per heavy atom. The number of unbranched alkanes of at least 4 members (excludes halogenated alkanes) is 6. The number of nitrogens with two attached hydrogens (primary N) is 2. The third-order valence-electron chi connectivity index (χ3n) is 5.35. The molecule has 0 aromatic heterocycles. The second-order valence-electron chi connectivity index (χ2n) is 8.44. The number of ether oxygens (including phenoxy) is 2. The summed E-state index contributed by atoms with van der Waals surface area (Å²) in [7, 11) is 0. The topological polar surface area (TPSA) is 105 Å². The van der Waals surface area contributed by atoms with E-state index in [0.717, 1.165) is 38.5 Å². The van der Waals surface area contributed by atoms with Crippen LogP contribution in [0.5, 0.6) is 0 Å². The predicted molar refractivity (Wildman–Crippen MR) is 123 cm³/mol. The molecule has 2 atom stereocenters. The third kappa shape index (κ3) is 20.1. The van der Waals surface area contributed by atoms with E-state index in [0.29, 0.717) is 13.2 Å². The normalized spacial score (nSPS) is 13.1. The van der Waals surface area contributed by atoms with E-state index in [1.54, 1.807) is 0 Å². The summed E-state index contributed by atoms with van der Waals surface area (Å²) in [6.07, 6.45) is 15.3. The van der Waals surface area contributed by atoms with Gasteiger partial charge in [-0.05, 0) is 38.5 Å². The van der Waals surface area contributed by atoms with Crippen molar-refractivity contribution in [2.45, 2.75) is 129 Å². The van der Waals surface area contributed by atoms with Crippen LogP contribution in [0.2, 0.25) is 0 Å². The molecule has 0 spiro atoms. The lowest BCUT2D eigenvalue weighted by molar-refractivity contribution is -0.150. The van der Waals surface area contributed by atoms with Crippen LogP contribution in [0.1, 0.15) is 117 Å². The Balaban J connectivity index is 3.53. The zero-order chi connectivity index (χ0) is 22.5. The van der Waals surface area contributed by atoms with Crippen LogP contribution in [-0.2, 0) is 19.1 Å². The molecule has 6 heteroatoms. The van der Waals surface area contributed by atoms with Gasteiger partial charge in [0.15, 0.2) is 0 Å². The van der Waals surface area contributed by atoms with E-state index in [1.165, 1.54) is 51.4 Å². The van der Waals surface area contributed by atoms with Gasteiger partial charge in [0.2, 0.25) is 0 Å². The van der Waals surface area contributed by atoms with Gasteiger partial charge < -0.3 is 20.9 Å². The van der Waals surface area contributed by atoms with E-state index in [-0.39, 0.29) is 36.9 Å². The Labute approximate surface area is 184 Å². The van der Waals surface area contributed by atoms with E-state index in [1.807, 2.05) is 0 Å². The molecule has 0 aliphatic rings. The molecule has 0 radical (unpaired) electrons. The Morgan fingerprint density at radius 1 is 0.600 bits per heavy atom. The van der Waals surface area contributed by atoms with Gasteiger partial charge in [-0.1, -0.05) is 65.2 Å². The zero-order valence-corrected chi connectivity index (χ0v) is 19.7. The number of esters is 2. The van der Waals surface area contributed by atoms with Crippen LogP contribution in [0.25, 0.3) is 0 Å². The number of carbonyl (C=O) groups is 2. The molecule has 0 aliphatic carbocycles. The molecule has 0 heterocycles. The van der Waals surface area contributed by atoms with Crippen LogP contribution >= 0.6 is 0 Å². The highest BCUT2D eigenvalue weighted by Crippen LogP contribution is 2.09. The summed E-state index contributed by atoms with van der Waals surface area (Å²) in [4.78, 5) is 23.4. The molecule has 2 unspecified atom stereocenters. The lowest BCUT2D eigenvalue weighted by Crippen LogP contribution is -2.21. The summed E-state index contributed by atoms with van der Waals surface area (Å²) in [6.45, 7) is 5.13. The molecule has 0 rings (SSSR count). The lowest BCUT2D eigenvalue weighted by Gasteiger charge is -2.12. The van der Waals surface area contributed by atoms with Crippen molar-refractivity contribution in [3.8, 4) is 0 Å². The summed E-state index contributed by atoms with van der Waals surface area (Å²) in [5.74, 6) is -0.699. The van der Waals surface area contributed by atoms with Crippen molar-refractivity contribution in [2.24, 2.45) is 11.5 Å². The van der Waals surface area contributed by atoms with Gasteiger partial charge in [0.05, 0.1) is 26.1 Å². The van der Waals surface area contributed by atoms with E-state index in [4.69, 9.17) is 20.9 Å². The van der Waals surface area contributed by atoms with E-state index in [2.05, 4.69) is 13.8 Å². The predicted octanol–water partition coefficient (Wildman–Crippen LogP) is 5.01. The van der Waals surface area contributed by atoms with Gasteiger partial charge in [0, 0.05) is 12.1 Å². The van der Waals surface area contributed by atoms with E-state index < -0.39 is 0 Å². The van der Waals surface area contributed by atoms with Gasteiger partial charge >= 0.3 is 11.9 Å². The van der Waals surface area contributed by atoms with Gasteiger partial charge in [-0.2, -0.15) is 0 Å². The third-order valence-corrected chi connectivity index (χ3v) is 5.35. The van der Waals surface area contributed by atoms with Crippen LogP contribution in [-0.4, -0.2) is 37.2 Å². The standard InChI is InChI=1S/C24H48N2O4/c1-3-5-7-9-13-21(25)15-11-19-29-23(27)17-18-24(28)30-20-12-16-22(26)14-10-8-6-4-2/h21-22H,3-20,25-26H2,1-2H3. The van der Waals surface area contributed by atoms with Crippen LogP contribution in [0.3, 0.4) is 0 Å². The minimum absolute atomic E-state index is 0.0683. The van der Waals surface area contributed by atoms with Crippen LogP contribution < -0.4 is 11.5 Å². The molecule has 0 aliphatic heterocycles. The summed E-state index contributed by atoms with van der Waals surface area (Å²) >= 11 is 0. The van der Waals surface area contributed by atoms with Crippen LogP contribution in [0.4, 0.5) is 0 Å². The molecule has 0 bridgehead atoms. The molecule has 0 fully saturated rings. The second-order valence-corrected chi connectivity index (χ2v) is 8.44. The van der Waals surface area contributed by atoms with Crippen LogP contribution in [0, 0.1) is 0 Å². The van der Waals surface area contributed by atoms with Crippen molar-refractivity contribution in [1.29, 1.82) is 0 Å². The minimum atomic E-state index is -0.349. The molecular weight excluding hydrogens is 380 g/mol.